The average Bonchev–Trinajstić information content (AvgIpc) is 2.84. The number of rotatable bonds is 4. The van der Waals surface area contributed by atoms with Gasteiger partial charge in [-0.3, -0.25) is 4.79 Å². The van der Waals surface area contributed by atoms with Gasteiger partial charge in [-0.15, -0.1) is 0 Å². The van der Waals surface area contributed by atoms with Gasteiger partial charge in [0.05, 0.1) is 5.56 Å². The van der Waals surface area contributed by atoms with Gasteiger partial charge < -0.3 is 10.4 Å². The molecule has 1 saturated carbocycles. The van der Waals surface area contributed by atoms with E-state index in [2.05, 4.69) is 10.3 Å². The third-order valence-electron chi connectivity index (χ3n) is 3.58. The maximum absolute atomic E-state index is 11.9. The molecule has 0 spiro atoms. The second-order valence-corrected chi connectivity index (χ2v) is 5.04. The van der Waals surface area contributed by atoms with E-state index in [0.717, 1.165) is 19.3 Å². The molecule has 0 saturated heterocycles. The van der Waals surface area contributed by atoms with Crippen LogP contribution in [-0.4, -0.2) is 29.1 Å². The number of aliphatic hydroxyl groups excluding tert-OH is 1. The minimum Gasteiger partial charge on any atom is -0.396 e. The molecule has 0 aromatic carbocycles. The maximum atomic E-state index is 11.9. The van der Waals surface area contributed by atoms with E-state index < -0.39 is 0 Å². The molecular formula is C13H17ClN2O2. The van der Waals surface area contributed by atoms with Gasteiger partial charge in [0.15, 0.2) is 0 Å². The van der Waals surface area contributed by atoms with Crippen molar-refractivity contribution in [2.45, 2.75) is 19.3 Å². The lowest BCUT2D eigenvalue weighted by Crippen LogP contribution is -2.31. The van der Waals surface area contributed by atoms with E-state index in [1.165, 1.54) is 0 Å². The number of hydrogen-bond donors (Lipinski definition) is 2. The fourth-order valence-electron chi connectivity index (χ4n) is 2.50. The molecule has 0 bridgehead atoms. The van der Waals surface area contributed by atoms with E-state index in [1.807, 2.05) is 0 Å². The van der Waals surface area contributed by atoms with Crippen LogP contribution in [0.15, 0.2) is 18.3 Å². The minimum absolute atomic E-state index is 0.198. The predicted molar refractivity (Wildman–Crippen MR) is 69.5 cm³/mol. The number of aromatic nitrogens is 1. The lowest BCUT2D eigenvalue weighted by molar-refractivity contribution is 0.0937. The van der Waals surface area contributed by atoms with Gasteiger partial charge >= 0.3 is 0 Å². The van der Waals surface area contributed by atoms with Gasteiger partial charge in [0.25, 0.3) is 5.91 Å². The summed E-state index contributed by atoms with van der Waals surface area (Å²) in [5, 5.41) is 12.3. The maximum Gasteiger partial charge on any atom is 0.254 e. The van der Waals surface area contributed by atoms with Crippen LogP contribution in [0.25, 0.3) is 0 Å². The number of aliphatic hydroxyl groups is 1. The van der Waals surface area contributed by atoms with Crippen molar-refractivity contribution in [1.82, 2.24) is 10.3 Å². The number of carbonyl (C=O) groups excluding carboxylic acids is 1. The molecule has 2 rings (SSSR count). The number of halogens is 1. The van der Waals surface area contributed by atoms with Crippen molar-refractivity contribution in [3.63, 3.8) is 0 Å². The molecule has 1 aromatic heterocycles. The van der Waals surface area contributed by atoms with Gasteiger partial charge in [0, 0.05) is 19.3 Å². The molecule has 98 valence electrons. The fraction of sp³-hybridized carbons (Fsp3) is 0.538. The number of carbonyl (C=O) groups is 1. The molecule has 1 fully saturated rings. The van der Waals surface area contributed by atoms with Crippen molar-refractivity contribution in [2.75, 3.05) is 13.2 Å². The highest BCUT2D eigenvalue weighted by atomic mass is 35.5. The van der Waals surface area contributed by atoms with Crippen LogP contribution in [0.5, 0.6) is 0 Å². The van der Waals surface area contributed by atoms with E-state index in [-0.39, 0.29) is 17.7 Å². The van der Waals surface area contributed by atoms with Crippen LogP contribution in [0, 0.1) is 11.8 Å². The van der Waals surface area contributed by atoms with Crippen molar-refractivity contribution in [2.24, 2.45) is 11.8 Å². The second kappa shape index (κ2) is 6.16. The molecule has 0 radical (unpaired) electrons. The van der Waals surface area contributed by atoms with Gasteiger partial charge in [0.2, 0.25) is 0 Å². The van der Waals surface area contributed by atoms with Gasteiger partial charge in [-0.05, 0) is 36.8 Å². The lowest BCUT2D eigenvalue weighted by atomic mass is 9.97. The van der Waals surface area contributed by atoms with E-state index in [4.69, 9.17) is 11.6 Å². The summed E-state index contributed by atoms with van der Waals surface area (Å²) in [5.41, 5.74) is 0.401. The Morgan fingerprint density at radius 1 is 1.50 bits per heavy atom. The molecule has 1 aliphatic carbocycles. The van der Waals surface area contributed by atoms with Crippen LogP contribution in [0.4, 0.5) is 0 Å². The number of nitrogens with zero attached hydrogens (tertiary/aromatic N) is 1. The molecule has 2 atom stereocenters. The fourth-order valence-corrected chi connectivity index (χ4v) is 2.70. The lowest BCUT2D eigenvalue weighted by Gasteiger charge is -2.17. The average molecular weight is 269 g/mol. The molecule has 5 heteroatoms. The third-order valence-corrected chi connectivity index (χ3v) is 3.88. The molecule has 1 amide bonds. The standard InChI is InChI=1S/C13H17ClN2O2/c14-12-11(5-2-6-15-12)13(18)16-7-9-3-1-4-10(9)8-17/h2,5-6,9-10,17H,1,3-4,7-8H2,(H,16,18). The smallest absolute Gasteiger partial charge is 0.254 e. The summed E-state index contributed by atoms with van der Waals surface area (Å²) < 4.78 is 0. The largest absolute Gasteiger partial charge is 0.396 e. The zero-order chi connectivity index (χ0) is 13.0. The summed E-state index contributed by atoms with van der Waals surface area (Å²) in [6.45, 7) is 0.795. The van der Waals surface area contributed by atoms with Gasteiger partial charge in [-0.1, -0.05) is 18.0 Å². The summed E-state index contributed by atoms with van der Waals surface area (Å²) in [7, 11) is 0. The summed E-state index contributed by atoms with van der Waals surface area (Å²) in [6.07, 6.45) is 4.79. The number of amides is 1. The summed E-state index contributed by atoms with van der Waals surface area (Å²) >= 11 is 5.86. The van der Waals surface area contributed by atoms with Crippen molar-refractivity contribution < 1.29 is 9.90 Å². The zero-order valence-corrected chi connectivity index (χ0v) is 10.9. The number of pyridine rings is 1. The van der Waals surface area contributed by atoms with Crippen molar-refractivity contribution in [1.29, 1.82) is 0 Å². The SMILES string of the molecule is O=C(NCC1CCCC1CO)c1cccnc1Cl. The Bertz CT molecular complexity index is 425. The van der Waals surface area contributed by atoms with E-state index in [0.29, 0.717) is 23.9 Å². The Labute approximate surface area is 111 Å². The Morgan fingerprint density at radius 3 is 3.00 bits per heavy atom. The number of nitrogens with one attached hydrogen (secondary N) is 1. The van der Waals surface area contributed by atoms with Gasteiger partial charge in [-0.25, -0.2) is 4.98 Å². The molecule has 1 aliphatic rings. The molecule has 4 nitrogen and oxygen atoms in total. The first-order chi connectivity index (χ1) is 8.72. The molecule has 0 aliphatic heterocycles. The molecule has 1 aromatic rings. The Kier molecular flexibility index (Phi) is 4.55. The Hall–Kier alpha value is -1.13. The van der Waals surface area contributed by atoms with Gasteiger partial charge in [0.1, 0.15) is 5.15 Å². The van der Waals surface area contributed by atoms with Crippen LogP contribution in [-0.2, 0) is 0 Å². The van der Waals surface area contributed by atoms with Crippen LogP contribution < -0.4 is 5.32 Å². The Morgan fingerprint density at radius 2 is 2.28 bits per heavy atom. The zero-order valence-electron chi connectivity index (χ0n) is 10.1. The van der Waals surface area contributed by atoms with Crippen LogP contribution in [0.3, 0.4) is 0 Å². The van der Waals surface area contributed by atoms with Crippen LogP contribution in [0.2, 0.25) is 5.15 Å². The highest BCUT2D eigenvalue weighted by Crippen LogP contribution is 2.30. The van der Waals surface area contributed by atoms with E-state index in [1.54, 1.807) is 18.3 Å². The topological polar surface area (TPSA) is 62.2 Å². The molecule has 18 heavy (non-hydrogen) atoms. The molecule has 2 N–H and O–H groups in total. The van der Waals surface area contributed by atoms with Crippen LogP contribution in [0.1, 0.15) is 29.6 Å². The second-order valence-electron chi connectivity index (χ2n) is 4.69. The molecule has 1 heterocycles. The van der Waals surface area contributed by atoms with Crippen molar-refractivity contribution in [3.8, 4) is 0 Å². The third kappa shape index (κ3) is 3.00. The first-order valence-electron chi connectivity index (χ1n) is 6.22. The summed E-state index contributed by atoms with van der Waals surface area (Å²) in [5.74, 6) is 0.487. The highest BCUT2D eigenvalue weighted by molar-refractivity contribution is 6.32. The monoisotopic (exact) mass is 268 g/mol. The van der Waals surface area contributed by atoms with E-state index in [9.17, 15) is 9.90 Å². The van der Waals surface area contributed by atoms with Crippen molar-refractivity contribution in [3.05, 3.63) is 29.0 Å². The Balaban J connectivity index is 1.91. The molecular weight excluding hydrogens is 252 g/mol. The van der Waals surface area contributed by atoms with Gasteiger partial charge in [-0.2, -0.15) is 0 Å². The quantitative estimate of drug-likeness (QED) is 0.820. The normalized spacial score (nSPS) is 23.0. The summed E-state index contributed by atoms with van der Waals surface area (Å²) in [4.78, 5) is 15.8. The molecule has 2 unspecified atom stereocenters. The van der Waals surface area contributed by atoms with E-state index >= 15 is 0 Å². The predicted octanol–water partition coefficient (Wildman–Crippen LogP) is 1.87. The van der Waals surface area contributed by atoms with Crippen molar-refractivity contribution >= 4 is 17.5 Å². The summed E-state index contributed by atoms with van der Waals surface area (Å²) in [6, 6.07) is 3.34. The number of hydrogen-bond acceptors (Lipinski definition) is 3. The first kappa shape index (κ1) is 13.3. The van der Waals surface area contributed by atoms with Crippen LogP contribution >= 0.6 is 11.6 Å². The highest BCUT2D eigenvalue weighted by Gasteiger charge is 2.27. The first-order valence-corrected chi connectivity index (χ1v) is 6.59. The minimum atomic E-state index is -0.198.